The third-order valence-electron chi connectivity index (χ3n) is 6.54. The van der Waals surface area contributed by atoms with Crippen LogP contribution in [-0.2, 0) is 14.6 Å². The first-order valence-corrected chi connectivity index (χ1v) is 12.1. The van der Waals surface area contributed by atoms with Gasteiger partial charge in [0, 0.05) is 11.3 Å². The van der Waals surface area contributed by atoms with Gasteiger partial charge in [0.15, 0.2) is 9.84 Å². The lowest BCUT2D eigenvalue weighted by Gasteiger charge is -2.45. The summed E-state index contributed by atoms with van der Waals surface area (Å²) in [4.78, 5) is 13.2. The molecular formula is C25H31NO3S. The number of benzene rings is 2. The van der Waals surface area contributed by atoms with Crippen molar-refractivity contribution in [1.82, 2.24) is 0 Å². The van der Waals surface area contributed by atoms with Crippen molar-refractivity contribution >= 4 is 21.4 Å². The van der Waals surface area contributed by atoms with Crippen LogP contribution in [-0.4, -0.2) is 20.1 Å². The van der Waals surface area contributed by atoms with Gasteiger partial charge in [-0.05, 0) is 61.3 Å². The fourth-order valence-corrected chi connectivity index (χ4v) is 6.39. The predicted octanol–water partition coefficient (Wildman–Crippen LogP) is 5.41. The molecule has 3 rings (SSSR count). The number of rotatable bonds is 6. The average Bonchev–Trinajstić information content (AvgIpc) is 2.70. The second-order valence-electron chi connectivity index (χ2n) is 8.94. The van der Waals surface area contributed by atoms with Crippen molar-refractivity contribution < 1.29 is 13.2 Å². The zero-order chi connectivity index (χ0) is 21.9. The Morgan fingerprint density at radius 3 is 2.33 bits per heavy atom. The first-order chi connectivity index (χ1) is 14.1. The van der Waals surface area contributed by atoms with E-state index in [2.05, 4.69) is 25.7 Å². The molecule has 0 aromatic heterocycles. The van der Waals surface area contributed by atoms with E-state index in [1.165, 1.54) is 0 Å². The molecule has 0 spiro atoms. The number of hydrogen-bond acceptors (Lipinski definition) is 3. The molecule has 0 radical (unpaired) electrons. The second-order valence-corrected chi connectivity index (χ2v) is 11.0. The van der Waals surface area contributed by atoms with E-state index >= 15 is 0 Å². The fourth-order valence-electron chi connectivity index (χ4n) is 4.52. The number of sulfone groups is 1. The number of para-hydroxylation sites is 1. The Kier molecular flexibility index (Phi) is 6.51. The van der Waals surface area contributed by atoms with Gasteiger partial charge in [0.1, 0.15) is 0 Å². The highest BCUT2D eigenvalue weighted by Gasteiger charge is 2.44. The first kappa shape index (κ1) is 22.3. The number of nitrogens with one attached hydrogen (secondary N) is 1. The molecule has 1 fully saturated rings. The normalized spacial score (nSPS) is 21.0. The van der Waals surface area contributed by atoms with Gasteiger partial charge in [0.2, 0.25) is 0 Å². The van der Waals surface area contributed by atoms with E-state index in [-0.39, 0.29) is 28.9 Å². The Hall–Kier alpha value is -2.40. The van der Waals surface area contributed by atoms with E-state index in [1.807, 2.05) is 49.4 Å². The quantitative estimate of drug-likeness (QED) is 0.630. The molecule has 1 aliphatic carbocycles. The fraction of sp³-hybridized carbons (Fsp3) is 0.400. The molecule has 2 aromatic rings. The largest absolute Gasteiger partial charge is 0.322 e. The van der Waals surface area contributed by atoms with Crippen molar-refractivity contribution in [3.63, 3.8) is 0 Å². The Morgan fingerprint density at radius 1 is 1.07 bits per heavy atom. The van der Waals surface area contributed by atoms with Gasteiger partial charge in [-0.3, -0.25) is 4.79 Å². The summed E-state index contributed by atoms with van der Waals surface area (Å²) in [7, 11) is -3.40. The van der Waals surface area contributed by atoms with Gasteiger partial charge < -0.3 is 5.32 Å². The van der Waals surface area contributed by atoms with Crippen LogP contribution in [0.15, 0.2) is 71.6 Å². The molecule has 0 aliphatic heterocycles. The lowest BCUT2D eigenvalue weighted by Crippen LogP contribution is -2.42. The van der Waals surface area contributed by atoms with Gasteiger partial charge in [-0.1, -0.05) is 62.7 Å². The summed E-state index contributed by atoms with van der Waals surface area (Å²) in [6, 6.07) is 16.4. The highest BCUT2D eigenvalue weighted by Crippen LogP contribution is 2.49. The predicted molar refractivity (Wildman–Crippen MR) is 122 cm³/mol. The molecule has 0 unspecified atom stereocenters. The molecule has 2 atom stereocenters. The smallest absolute Gasteiger partial charge is 0.251 e. The molecule has 0 saturated heterocycles. The second kappa shape index (κ2) is 8.76. The zero-order valence-electron chi connectivity index (χ0n) is 18.0. The molecule has 0 heterocycles. The molecule has 5 heteroatoms. The van der Waals surface area contributed by atoms with E-state index in [1.54, 1.807) is 12.1 Å². The van der Waals surface area contributed by atoms with Crippen molar-refractivity contribution in [2.24, 2.45) is 17.3 Å². The van der Waals surface area contributed by atoms with Gasteiger partial charge in [-0.25, -0.2) is 8.42 Å². The number of carbonyl (C=O) groups excluding carboxylic acids is 1. The molecule has 1 amide bonds. The molecule has 0 bridgehead atoms. The number of carbonyl (C=O) groups is 1. The van der Waals surface area contributed by atoms with E-state index < -0.39 is 9.84 Å². The van der Waals surface area contributed by atoms with Gasteiger partial charge in [0.05, 0.1) is 10.6 Å². The molecule has 160 valence electrons. The highest BCUT2D eigenvalue weighted by atomic mass is 32.2. The minimum Gasteiger partial charge on any atom is -0.322 e. The summed E-state index contributed by atoms with van der Waals surface area (Å²) >= 11 is 0. The van der Waals surface area contributed by atoms with Crippen LogP contribution in [0, 0.1) is 24.2 Å². The van der Waals surface area contributed by atoms with Crippen molar-refractivity contribution in [1.29, 1.82) is 0 Å². The summed E-state index contributed by atoms with van der Waals surface area (Å²) in [5.74, 6) is -0.203. The summed E-state index contributed by atoms with van der Waals surface area (Å²) < 4.78 is 26.1. The summed E-state index contributed by atoms with van der Waals surface area (Å²) in [6.45, 7) is 10.2. The third-order valence-corrected chi connectivity index (χ3v) is 8.37. The van der Waals surface area contributed by atoms with Gasteiger partial charge in [-0.15, -0.1) is 0 Å². The monoisotopic (exact) mass is 425 g/mol. The Balaban J connectivity index is 1.76. The van der Waals surface area contributed by atoms with E-state index in [0.717, 1.165) is 30.5 Å². The van der Waals surface area contributed by atoms with E-state index in [0.29, 0.717) is 10.5 Å². The van der Waals surface area contributed by atoms with Gasteiger partial charge in [-0.2, -0.15) is 0 Å². The number of anilines is 1. The molecule has 1 N–H and O–H groups in total. The van der Waals surface area contributed by atoms with Crippen LogP contribution in [0.4, 0.5) is 5.69 Å². The molecular weight excluding hydrogens is 394 g/mol. The average molecular weight is 426 g/mol. The number of amides is 1. The SMILES string of the molecule is C=C(C(=O)Nc1ccccc1)[C@H]1CCC[C@@H](CS(=O)(=O)c2ccc(C)cc2)C1(C)C. The van der Waals surface area contributed by atoms with Crippen LogP contribution in [0.1, 0.15) is 38.7 Å². The van der Waals surface area contributed by atoms with Crippen LogP contribution in [0.5, 0.6) is 0 Å². The summed E-state index contributed by atoms with van der Waals surface area (Å²) in [6.07, 6.45) is 2.57. The molecule has 30 heavy (non-hydrogen) atoms. The van der Waals surface area contributed by atoms with Crippen molar-refractivity contribution in [3.05, 3.63) is 72.3 Å². The molecule has 1 aliphatic rings. The number of aryl methyl sites for hydroxylation is 1. The molecule has 2 aromatic carbocycles. The van der Waals surface area contributed by atoms with Crippen LogP contribution >= 0.6 is 0 Å². The van der Waals surface area contributed by atoms with Crippen molar-refractivity contribution in [2.45, 2.75) is 44.9 Å². The molecule has 1 saturated carbocycles. The highest BCUT2D eigenvalue weighted by molar-refractivity contribution is 7.91. The van der Waals surface area contributed by atoms with Crippen LogP contribution in [0.25, 0.3) is 0 Å². The summed E-state index contributed by atoms with van der Waals surface area (Å²) in [5.41, 5.74) is 1.95. The lowest BCUT2D eigenvalue weighted by atomic mass is 9.60. The first-order valence-electron chi connectivity index (χ1n) is 10.5. The minimum atomic E-state index is -3.40. The minimum absolute atomic E-state index is 0.0381. The van der Waals surface area contributed by atoms with Crippen LogP contribution in [0.3, 0.4) is 0 Å². The van der Waals surface area contributed by atoms with Crippen molar-refractivity contribution in [2.75, 3.05) is 11.1 Å². The van der Waals surface area contributed by atoms with Crippen LogP contribution in [0.2, 0.25) is 0 Å². The Labute approximate surface area is 180 Å². The maximum Gasteiger partial charge on any atom is 0.251 e. The van der Waals surface area contributed by atoms with E-state index in [9.17, 15) is 13.2 Å². The van der Waals surface area contributed by atoms with Crippen LogP contribution < -0.4 is 5.32 Å². The Morgan fingerprint density at radius 2 is 1.70 bits per heavy atom. The van der Waals surface area contributed by atoms with Crippen molar-refractivity contribution in [3.8, 4) is 0 Å². The Bertz CT molecular complexity index is 1010. The maximum atomic E-state index is 13.0. The summed E-state index contributed by atoms with van der Waals surface area (Å²) in [5, 5.41) is 2.91. The zero-order valence-corrected chi connectivity index (χ0v) is 18.8. The topological polar surface area (TPSA) is 63.2 Å². The number of hydrogen-bond donors (Lipinski definition) is 1. The van der Waals surface area contributed by atoms with Gasteiger partial charge >= 0.3 is 0 Å². The maximum absolute atomic E-state index is 13.0. The van der Waals surface area contributed by atoms with E-state index in [4.69, 9.17) is 0 Å². The van der Waals surface area contributed by atoms with Gasteiger partial charge in [0.25, 0.3) is 5.91 Å². The lowest BCUT2D eigenvalue weighted by molar-refractivity contribution is -0.114. The standard InChI is InChI=1S/C25H31NO3S/c1-18-13-15-22(16-14-18)30(28,29)17-20-9-8-12-23(25(20,3)4)19(2)24(27)26-21-10-6-5-7-11-21/h5-7,10-11,13-16,20,23H,2,8-9,12,17H2,1,3-4H3,(H,26,27)/t20-,23+/m0/s1. The third kappa shape index (κ3) is 4.84. The molecule has 4 nitrogen and oxygen atoms in total.